The minimum absolute atomic E-state index is 0.0970. The van der Waals surface area contributed by atoms with Crippen LogP contribution in [0.1, 0.15) is 18.1 Å². The summed E-state index contributed by atoms with van der Waals surface area (Å²) in [5.74, 6) is 0. The molecular formula is C10H13ClO. The van der Waals surface area contributed by atoms with Crippen LogP contribution < -0.4 is 0 Å². The highest BCUT2D eigenvalue weighted by Crippen LogP contribution is 2.13. The average molecular weight is 185 g/mol. The molecule has 66 valence electrons. The van der Waals surface area contributed by atoms with Crippen LogP contribution in [0.2, 0.25) is 0 Å². The number of rotatable bonds is 3. The van der Waals surface area contributed by atoms with E-state index in [9.17, 15) is 0 Å². The molecule has 2 heteroatoms. The van der Waals surface area contributed by atoms with Gasteiger partial charge in [-0.2, -0.15) is 0 Å². The monoisotopic (exact) mass is 184 g/mol. The molecule has 0 radical (unpaired) electrons. The summed E-state index contributed by atoms with van der Waals surface area (Å²) in [7, 11) is 0. The van der Waals surface area contributed by atoms with Gasteiger partial charge >= 0.3 is 0 Å². The van der Waals surface area contributed by atoms with E-state index in [2.05, 4.69) is 0 Å². The zero-order valence-electron chi connectivity index (χ0n) is 7.13. The fourth-order valence-electron chi connectivity index (χ4n) is 1.21. The summed E-state index contributed by atoms with van der Waals surface area (Å²) in [5, 5.41) is 9.11. The summed E-state index contributed by atoms with van der Waals surface area (Å²) in [4.78, 5) is 0. The Morgan fingerprint density at radius 3 is 2.42 bits per heavy atom. The van der Waals surface area contributed by atoms with Crippen molar-refractivity contribution in [2.24, 2.45) is 0 Å². The largest absolute Gasteiger partial charge is 0.392 e. The molecule has 0 unspecified atom stereocenters. The first-order valence-corrected chi connectivity index (χ1v) is 4.49. The highest BCUT2D eigenvalue weighted by molar-refractivity contribution is 6.20. The summed E-state index contributed by atoms with van der Waals surface area (Å²) >= 11 is 5.86. The predicted molar refractivity (Wildman–Crippen MR) is 51.4 cm³/mol. The Kier molecular flexibility index (Phi) is 3.57. The van der Waals surface area contributed by atoms with Gasteiger partial charge < -0.3 is 5.11 Å². The second-order valence-electron chi connectivity index (χ2n) is 2.91. The van der Waals surface area contributed by atoms with E-state index in [1.54, 1.807) is 0 Å². The third-order valence-electron chi connectivity index (χ3n) is 1.79. The number of hydrogen-bond acceptors (Lipinski definition) is 1. The standard InChI is InChI=1S/C10H13ClO/c1-8(11)6-9-4-2-3-5-10(9)7-12/h2-5,8,12H,6-7H2,1H3/t8-/m0/s1. The molecule has 1 atom stereocenters. The van der Waals surface area contributed by atoms with Gasteiger partial charge in [0.1, 0.15) is 0 Å². The molecule has 0 aliphatic carbocycles. The van der Waals surface area contributed by atoms with Gasteiger partial charge in [0.05, 0.1) is 6.61 Å². The van der Waals surface area contributed by atoms with Gasteiger partial charge in [-0.05, 0) is 24.5 Å². The van der Waals surface area contributed by atoms with E-state index in [1.807, 2.05) is 31.2 Å². The van der Waals surface area contributed by atoms with Crippen LogP contribution in [-0.4, -0.2) is 10.5 Å². The Bertz CT molecular complexity index is 245. The maximum atomic E-state index is 8.99. The summed E-state index contributed by atoms with van der Waals surface area (Å²) in [6, 6.07) is 7.82. The molecular weight excluding hydrogens is 172 g/mol. The number of hydrogen-bond donors (Lipinski definition) is 1. The van der Waals surface area contributed by atoms with E-state index in [0.29, 0.717) is 0 Å². The molecule has 0 amide bonds. The van der Waals surface area contributed by atoms with Gasteiger partial charge in [0.25, 0.3) is 0 Å². The molecule has 12 heavy (non-hydrogen) atoms. The van der Waals surface area contributed by atoms with E-state index in [0.717, 1.165) is 17.5 Å². The lowest BCUT2D eigenvalue weighted by molar-refractivity contribution is 0.280. The Labute approximate surface area is 78.0 Å². The molecule has 0 bridgehead atoms. The Hall–Kier alpha value is -0.530. The molecule has 1 N–H and O–H groups in total. The highest BCUT2D eigenvalue weighted by atomic mass is 35.5. The second kappa shape index (κ2) is 4.48. The van der Waals surface area contributed by atoms with Gasteiger partial charge in [0.2, 0.25) is 0 Å². The van der Waals surface area contributed by atoms with Crippen molar-refractivity contribution in [2.45, 2.75) is 25.3 Å². The van der Waals surface area contributed by atoms with Crippen LogP contribution in [0.25, 0.3) is 0 Å². The van der Waals surface area contributed by atoms with Gasteiger partial charge in [0.15, 0.2) is 0 Å². The van der Waals surface area contributed by atoms with Crippen molar-refractivity contribution in [3.05, 3.63) is 35.4 Å². The summed E-state index contributed by atoms with van der Waals surface area (Å²) in [6.45, 7) is 2.05. The van der Waals surface area contributed by atoms with Crippen LogP contribution in [-0.2, 0) is 13.0 Å². The first-order valence-electron chi connectivity index (χ1n) is 4.05. The maximum absolute atomic E-state index is 8.99. The molecule has 0 heterocycles. The van der Waals surface area contributed by atoms with E-state index in [-0.39, 0.29) is 12.0 Å². The molecule has 1 rings (SSSR count). The molecule has 0 saturated carbocycles. The van der Waals surface area contributed by atoms with Crippen molar-refractivity contribution in [3.8, 4) is 0 Å². The maximum Gasteiger partial charge on any atom is 0.0684 e. The molecule has 0 fully saturated rings. The van der Waals surface area contributed by atoms with Crippen molar-refractivity contribution >= 4 is 11.6 Å². The fraction of sp³-hybridized carbons (Fsp3) is 0.400. The van der Waals surface area contributed by atoms with Crippen molar-refractivity contribution in [1.29, 1.82) is 0 Å². The van der Waals surface area contributed by atoms with Gasteiger partial charge in [-0.15, -0.1) is 11.6 Å². The Morgan fingerprint density at radius 2 is 1.92 bits per heavy atom. The predicted octanol–water partition coefficient (Wildman–Crippen LogP) is 2.35. The molecule has 0 spiro atoms. The van der Waals surface area contributed by atoms with Gasteiger partial charge in [0, 0.05) is 5.38 Å². The van der Waals surface area contributed by atoms with E-state index in [1.165, 1.54) is 0 Å². The minimum Gasteiger partial charge on any atom is -0.392 e. The van der Waals surface area contributed by atoms with Gasteiger partial charge in [-0.1, -0.05) is 24.3 Å². The highest BCUT2D eigenvalue weighted by Gasteiger charge is 2.03. The molecule has 0 aliphatic rings. The molecule has 0 saturated heterocycles. The van der Waals surface area contributed by atoms with E-state index in [4.69, 9.17) is 16.7 Å². The number of alkyl halides is 1. The fourth-order valence-corrected chi connectivity index (χ4v) is 1.38. The van der Waals surface area contributed by atoms with Gasteiger partial charge in [-0.3, -0.25) is 0 Å². The molecule has 0 aromatic heterocycles. The topological polar surface area (TPSA) is 20.2 Å². The minimum atomic E-state index is 0.0970. The van der Waals surface area contributed by atoms with Crippen LogP contribution in [0.4, 0.5) is 0 Å². The molecule has 1 aromatic carbocycles. The van der Waals surface area contributed by atoms with Crippen molar-refractivity contribution in [2.75, 3.05) is 0 Å². The summed E-state index contributed by atoms with van der Waals surface area (Å²) in [5.41, 5.74) is 2.12. The van der Waals surface area contributed by atoms with Crippen molar-refractivity contribution in [1.82, 2.24) is 0 Å². The summed E-state index contributed by atoms with van der Waals surface area (Å²) < 4.78 is 0. The average Bonchev–Trinajstić information content (AvgIpc) is 2.04. The number of benzene rings is 1. The molecule has 0 aliphatic heterocycles. The van der Waals surface area contributed by atoms with Gasteiger partial charge in [-0.25, -0.2) is 0 Å². The second-order valence-corrected chi connectivity index (χ2v) is 3.66. The molecule has 1 nitrogen and oxygen atoms in total. The lowest BCUT2D eigenvalue weighted by Crippen LogP contribution is -2.01. The lowest BCUT2D eigenvalue weighted by atomic mass is 10.0. The normalized spacial score (nSPS) is 12.9. The van der Waals surface area contributed by atoms with Crippen LogP contribution in [0.3, 0.4) is 0 Å². The van der Waals surface area contributed by atoms with Crippen LogP contribution in [0.5, 0.6) is 0 Å². The van der Waals surface area contributed by atoms with Crippen molar-refractivity contribution < 1.29 is 5.11 Å². The third kappa shape index (κ3) is 2.50. The van der Waals surface area contributed by atoms with Crippen molar-refractivity contribution in [3.63, 3.8) is 0 Å². The Morgan fingerprint density at radius 1 is 1.33 bits per heavy atom. The zero-order valence-corrected chi connectivity index (χ0v) is 7.88. The quantitative estimate of drug-likeness (QED) is 0.716. The zero-order chi connectivity index (χ0) is 8.97. The first kappa shape index (κ1) is 9.56. The van der Waals surface area contributed by atoms with Crippen LogP contribution in [0.15, 0.2) is 24.3 Å². The van der Waals surface area contributed by atoms with Crippen LogP contribution in [0, 0.1) is 0 Å². The Balaban J connectivity index is 2.82. The SMILES string of the molecule is C[C@H](Cl)Cc1ccccc1CO. The first-order chi connectivity index (χ1) is 5.74. The number of halogens is 1. The number of aliphatic hydroxyl groups is 1. The van der Waals surface area contributed by atoms with E-state index < -0.39 is 0 Å². The van der Waals surface area contributed by atoms with E-state index >= 15 is 0 Å². The third-order valence-corrected chi connectivity index (χ3v) is 1.94. The number of aliphatic hydroxyl groups excluding tert-OH is 1. The lowest BCUT2D eigenvalue weighted by Gasteiger charge is -2.07. The molecule has 1 aromatic rings. The van der Waals surface area contributed by atoms with Crippen LogP contribution >= 0.6 is 11.6 Å². The summed E-state index contributed by atoms with van der Waals surface area (Å²) in [6.07, 6.45) is 0.818. The smallest absolute Gasteiger partial charge is 0.0684 e.